The van der Waals surface area contributed by atoms with Crippen molar-refractivity contribution in [2.45, 2.75) is 50.9 Å². The van der Waals surface area contributed by atoms with Crippen molar-refractivity contribution >= 4 is 40.6 Å². The highest BCUT2D eigenvalue weighted by Crippen LogP contribution is 2.38. The third-order valence-electron chi connectivity index (χ3n) is 6.71. The number of nitrogens with zero attached hydrogens (tertiary/aromatic N) is 4. The van der Waals surface area contributed by atoms with Crippen molar-refractivity contribution in [1.82, 2.24) is 10.3 Å². The van der Waals surface area contributed by atoms with Gasteiger partial charge in [-0.1, -0.05) is 17.7 Å². The van der Waals surface area contributed by atoms with Gasteiger partial charge in [0.1, 0.15) is 11.9 Å². The molecule has 4 rings (SSSR count). The van der Waals surface area contributed by atoms with Crippen LogP contribution in [-0.2, 0) is 15.8 Å². The van der Waals surface area contributed by atoms with E-state index in [1.165, 1.54) is 11.8 Å². The molecule has 1 aromatic heterocycles. The zero-order chi connectivity index (χ0) is 26.2. The summed E-state index contributed by atoms with van der Waals surface area (Å²) in [5.41, 5.74) is 0.426. The van der Waals surface area contributed by atoms with Crippen molar-refractivity contribution in [1.29, 1.82) is 0 Å². The van der Waals surface area contributed by atoms with E-state index in [-0.39, 0.29) is 24.4 Å². The number of aryl methyl sites for hydroxylation is 1. The van der Waals surface area contributed by atoms with Gasteiger partial charge in [0.2, 0.25) is 11.8 Å². The summed E-state index contributed by atoms with van der Waals surface area (Å²) in [6.45, 7) is 3.08. The van der Waals surface area contributed by atoms with E-state index in [0.717, 1.165) is 36.4 Å². The number of para-hydroxylation sites is 1. The van der Waals surface area contributed by atoms with Crippen LogP contribution in [0, 0.1) is 6.92 Å². The Labute approximate surface area is 213 Å². The van der Waals surface area contributed by atoms with E-state index in [1.54, 1.807) is 25.2 Å². The molecule has 0 spiro atoms. The van der Waals surface area contributed by atoms with Crippen LogP contribution in [0.5, 0.6) is 0 Å². The first-order chi connectivity index (χ1) is 17.0. The first-order valence-corrected chi connectivity index (χ1v) is 12.2. The average molecular weight is 524 g/mol. The van der Waals surface area contributed by atoms with E-state index in [2.05, 4.69) is 10.3 Å². The number of hydrogen-bond donors (Lipinski definition) is 1. The van der Waals surface area contributed by atoms with Gasteiger partial charge < -0.3 is 15.1 Å². The number of halogens is 4. The lowest BCUT2D eigenvalue weighted by atomic mass is 10.1. The van der Waals surface area contributed by atoms with Crippen LogP contribution in [0.4, 0.5) is 30.4 Å². The quantitative estimate of drug-likeness (QED) is 0.607. The highest BCUT2D eigenvalue weighted by atomic mass is 35.5. The van der Waals surface area contributed by atoms with E-state index >= 15 is 0 Å². The van der Waals surface area contributed by atoms with Gasteiger partial charge in [-0.15, -0.1) is 0 Å². The van der Waals surface area contributed by atoms with E-state index in [4.69, 9.17) is 11.6 Å². The van der Waals surface area contributed by atoms with Crippen LogP contribution < -0.4 is 20.0 Å². The fourth-order valence-corrected chi connectivity index (χ4v) is 5.29. The van der Waals surface area contributed by atoms with Crippen LogP contribution in [0.1, 0.15) is 36.9 Å². The summed E-state index contributed by atoms with van der Waals surface area (Å²) >= 11 is 6.56. The van der Waals surface area contributed by atoms with Gasteiger partial charge in [0.15, 0.2) is 0 Å². The Morgan fingerprint density at radius 3 is 2.67 bits per heavy atom. The smallest absolute Gasteiger partial charge is 0.370 e. The largest absolute Gasteiger partial charge is 0.416 e. The monoisotopic (exact) mass is 523 g/mol. The van der Waals surface area contributed by atoms with Gasteiger partial charge in [-0.25, -0.2) is 4.98 Å². The molecule has 1 unspecified atom stereocenters. The van der Waals surface area contributed by atoms with Crippen LogP contribution in [0.25, 0.3) is 0 Å². The number of pyridine rings is 1. The summed E-state index contributed by atoms with van der Waals surface area (Å²) < 4.78 is 40.2. The van der Waals surface area contributed by atoms with Gasteiger partial charge >= 0.3 is 6.18 Å². The average Bonchev–Trinajstić information content (AvgIpc) is 3.46. The van der Waals surface area contributed by atoms with Crippen molar-refractivity contribution in [2.24, 2.45) is 0 Å². The third-order valence-corrected chi connectivity index (χ3v) is 7.01. The number of hydrogen-bond acceptors (Lipinski definition) is 5. The Morgan fingerprint density at radius 1 is 1.25 bits per heavy atom. The number of alkyl halides is 3. The second-order valence-corrected chi connectivity index (χ2v) is 9.76. The highest BCUT2D eigenvalue weighted by Gasteiger charge is 2.41. The number of aromatic nitrogens is 1. The van der Waals surface area contributed by atoms with Crippen molar-refractivity contribution < 1.29 is 22.8 Å². The van der Waals surface area contributed by atoms with Crippen LogP contribution in [0.3, 0.4) is 0 Å². The minimum absolute atomic E-state index is 0.0386. The van der Waals surface area contributed by atoms with Crippen molar-refractivity contribution in [2.75, 3.05) is 41.9 Å². The SMILES string of the molecule is Cc1cc(C(F)(F)F)cc(N2C(=O)CCC2C(=O)N(C)c2cccc(Cl)c2N(C)C[C@H]2CCCN2)n1. The number of anilines is 3. The van der Waals surface area contributed by atoms with Gasteiger partial charge in [0.25, 0.3) is 0 Å². The maximum absolute atomic E-state index is 13.7. The molecule has 36 heavy (non-hydrogen) atoms. The molecule has 2 atom stereocenters. The minimum atomic E-state index is -4.60. The van der Waals surface area contributed by atoms with Crippen molar-refractivity contribution in [3.63, 3.8) is 0 Å². The van der Waals surface area contributed by atoms with Gasteiger partial charge in [0.05, 0.1) is 22.0 Å². The van der Waals surface area contributed by atoms with Gasteiger partial charge in [-0.2, -0.15) is 13.2 Å². The number of amides is 2. The Balaban J connectivity index is 1.64. The van der Waals surface area contributed by atoms with Gasteiger partial charge in [-0.3, -0.25) is 14.5 Å². The summed E-state index contributed by atoms with van der Waals surface area (Å²) in [5, 5.41) is 3.92. The topological polar surface area (TPSA) is 68.8 Å². The van der Waals surface area contributed by atoms with E-state index in [0.29, 0.717) is 29.0 Å². The summed E-state index contributed by atoms with van der Waals surface area (Å²) in [6.07, 6.45) is -2.24. The maximum Gasteiger partial charge on any atom is 0.416 e. The zero-order valence-corrected chi connectivity index (χ0v) is 21.2. The third kappa shape index (κ3) is 5.29. The summed E-state index contributed by atoms with van der Waals surface area (Å²) in [6, 6.07) is 6.32. The van der Waals surface area contributed by atoms with Crippen molar-refractivity contribution in [3.8, 4) is 0 Å². The number of rotatable bonds is 6. The first kappa shape index (κ1) is 26.2. The van der Waals surface area contributed by atoms with E-state index < -0.39 is 29.6 Å². The number of nitrogens with one attached hydrogen (secondary N) is 1. The summed E-state index contributed by atoms with van der Waals surface area (Å²) in [7, 11) is 3.49. The normalized spacial score (nSPS) is 20.2. The Kier molecular flexibility index (Phi) is 7.47. The van der Waals surface area contributed by atoms with Crippen LogP contribution in [-0.4, -0.2) is 56.1 Å². The number of carbonyl (C=O) groups excluding carboxylic acids is 2. The molecular weight excluding hydrogens is 495 g/mol. The molecule has 3 heterocycles. The number of carbonyl (C=O) groups is 2. The van der Waals surface area contributed by atoms with Gasteiger partial charge in [-0.05, 0) is 57.0 Å². The van der Waals surface area contributed by atoms with Crippen LogP contribution >= 0.6 is 11.6 Å². The second-order valence-electron chi connectivity index (χ2n) is 9.35. The first-order valence-electron chi connectivity index (χ1n) is 11.9. The molecule has 2 fully saturated rings. The van der Waals surface area contributed by atoms with Crippen LogP contribution in [0.2, 0.25) is 5.02 Å². The molecular formula is C25H29ClF3N5O2. The van der Waals surface area contributed by atoms with Crippen molar-refractivity contribution in [3.05, 3.63) is 46.6 Å². The minimum Gasteiger partial charge on any atom is -0.370 e. The second kappa shape index (κ2) is 10.3. The van der Waals surface area contributed by atoms with Gasteiger partial charge in [0, 0.05) is 38.8 Å². The molecule has 0 saturated carbocycles. The predicted octanol–water partition coefficient (Wildman–Crippen LogP) is 4.41. The molecule has 11 heteroatoms. The standard InChI is InChI=1S/C25H29ClF3N5O2/c1-15-12-16(25(27,28)29)13-21(31-15)34-20(9-10-22(34)35)24(36)33(3)19-8-4-7-18(26)23(19)32(2)14-17-6-5-11-30-17/h4,7-8,12-13,17,20,30H,5-6,9-11,14H2,1-3H3/t17-,20?/m1/s1. The Hall–Kier alpha value is -2.85. The molecule has 2 aromatic rings. The molecule has 0 radical (unpaired) electrons. The molecule has 1 aromatic carbocycles. The fraction of sp³-hybridized carbons (Fsp3) is 0.480. The number of likely N-dealkylation sites (N-methyl/N-ethyl adjacent to an activating group) is 2. The molecule has 2 saturated heterocycles. The van der Waals surface area contributed by atoms with E-state index in [9.17, 15) is 22.8 Å². The summed E-state index contributed by atoms with van der Waals surface area (Å²) in [4.78, 5) is 35.1. The summed E-state index contributed by atoms with van der Waals surface area (Å²) in [5.74, 6) is -1.04. The highest BCUT2D eigenvalue weighted by molar-refractivity contribution is 6.34. The molecule has 0 aliphatic carbocycles. The van der Waals surface area contributed by atoms with Crippen LogP contribution in [0.15, 0.2) is 30.3 Å². The lowest BCUT2D eigenvalue weighted by Gasteiger charge is -2.32. The lowest BCUT2D eigenvalue weighted by Crippen LogP contribution is -2.46. The zero-order valence-electron chi connectivity index (χ0n) is 20.4. The molecule has 0 bridgehead atoms. The molecule has 1 N–H and O–H groups in total. The molecule has 2 amide bonds. The molecule has 194 valence electrons. The predicted molar refractivity (Wildman–Crippen MR) is 134 cm³/mol. The Bertz CT molecular complexity index is 1150. The molecule has 2 aliphatic rings. The molecule has 7 nitrogen and oxygen atoms in total. The Morgan fingerprint density at radius 2 is 2.00 bits per heavy atom. The number of benzene rings is 1. The van der Waals surface area contributed by atoms with E-state index in [1.807, 2.05) is 11.9 Å². The lowest BCUT2D eigenvalue weighted by molar-refractivity contribution is -0.137. The maximum atomic E-state index is 13.7. The molecule has 2 aliphatic heterocycles. The fourth-order valence-electron chi connectivity index (χ4n) is 4.97.